The normalized spacial score (nSPS) is 18.7. The topological polar surface area (TPSA) is 86.9 Å². The summed E-state index contributed by atoms with van der Waals surface area (Å²) in [5.41, 5.74) is -0.511. The van der Waals surface area contributed by atoms with Gasteiger partial charge in [0.15, 0.2) is 0 Å². The molecule has 0 aliphatic carbocycles. The first-order valence-electron chi connectivity index (χ1n) is 9.28. The van der Waals surface area contributed by atoms with Gasteiger partial charge in [0, 0.05) is 42.4 Å². The lowest BCUT2D eigenvalue weighted by Crippen LogP contribution is -2.41. The van der Waals surface area contributed by atoms with Crippen LogP contribution in [0.25, 0.3) is 0 Å². The lowest BCUT2D eigenvalue weighted by Gasteiger charge is -2.32. The summed E-state index contributed by atoms with van der Waals surface area (Å²) >= 11 is 5.58. The maximum Gasteiger partial charge on any atom is 0.417 e. The number of carbonyl (C=O) groups excluding carboxylic acids is 1. The van der Waals surface area contributed by atoms with Crippen LogP contribution >= 0.6 is 11.6 Å². The molecule has 3 N–H and O–H groups in total. The predicted octanol–water partition coefficient (Wildman–Crippen LogP) is 3.97. The van der Waals surface area contributed by atoms with Crippen molar-refractivity contribution in [3.05, 3.63) is 56.5 Å². The van der Waals surface area contributed by atoms with Crippen LogP contribution in [0.2, 0.25) is 5.02 Å². The summed E-state index contributed by atoms with van der Waals surface area (Å²) in [5.74, 6) is -1.78. The molecule has 11 heteroatoms. The molecule has 0 saturated carbocycles. The van der Waals surface area contributed by atoms with Gasteiger partial charge in [0.05, 0.1) is 16.3 Å². The summed E-state index contributed by atoms with van der Waals surface area (Å²) in [6.45, 7) is 1.97. The molecule has 1 aliphatic rings. The Kier molecular flexibility index (Phi) is 6.47. The largest absolute Gasteiger partial charge is 0.417 e. The van der Waals surface area contributed by atoms with Crippen LogP contribution in [0.1, 0.15) is 49.0 Å². The van der Waals surface area contributed by atoms with Crippen molar-refractivity contribution < 1.29 is 22.4 Å². The number of nitrogens with one attached hydrogen (secondary N) is 3. The molecule has 162 valence electrons. The summed E-state index contributed by atoms with van der Waals surface area (Å²) < 4.78 is 52.3. The van der Waals surface area contributed by atoms with Crippen molar-refractivity contribution in [2.75, 3.05) is 5.32 Å². The Morgan fingerprint density at radius 3 is 2.77 bits per heavy atom. The molecule has 2 atom stereocenters. The van der Waals surface area contributed by atoms with Gasteiger partial charge in [-0.05, 0) is 25.0 Å². The summed E-state index contributed by atoms with van der Waals surface area (Å²) in [7, 11) is 0. The second-order valence-electron chi connectivity index (χ2n) is 7.05. The zero-order chi connectivity index (χ0) is 22.1. The molecular weight excluding hydrogens is 428 g/mol. The third kappa shape index (κ3) is 4.99. The fraction of sp³-hybridized carbons (Fsp3) is 0.421. The first-order chi connectivity index (χ1) is 14.1. The molecule has 0 bridgehead atoms. The van der Waals surface area contributed by atoms with Crippen LogP contribution in [-0.4, -0.2) is 21.9 Å². The van der Waals surface area contributed by atoms with Crippen molar-refractivity contribution in [1.82, 2.24) is 15.3 Å². The Morgan fingerprint density at radius 2 is 2.10 bits per heavy atom. The number of aromatic amines is 1. The van der Waals surface area contributed by atoms with E-state index >= 15 is 0 Å². The van der Waals surface area contributed by atoms with Gasteiger partial charge >= 0.3 is 11.9 Å². The second kappa shape index (κ2) is 8.73. The number of H-pyrrole nitrogens is 1. The summed E-state index contributed by atoms with van der Waals surface area (Å²) in [5, 5.41) is 4.94. The first-order valence-corrected chi connectivity index (χ1v) is 9.66. The molecule has 1 amide bonds. The van der Waals surface area contributed by atoms with E-state index in [4.69, 9.17) is 11.6 Å². The fourth-order valence-electron chi connectivity index (χ4n) is 3.49. The average Bonchev–Trinajstić information content (AvgIpc) is 2.67. The first kappa shape index (κ1) is 22.2. The highest BCUT2D eigenvalue weighted by atomic mass is 35.5. The number of nitrogens with zero attached hydrogens (tertiary/aromatic N) is 1. The van der Waals surface area contributed by atoms with E-state index in [1.807, 2.05) is 6.92 Å². The Hall–Kier alpha value is -2.46. The molecule has 0 saturated heterocycles. The lowest BCUT2D eigenvalue weighted by atomic mass is 9.92. The summed E-state index contributed by atoms with van der Waals surface area (Å²) in [6.07, 6.45) is -1.65. The van der Waals surface area contributed by atoms with Crippen LogP contribution in [0.3, 0.4) is 0 Å². The molecule has 0 radical (unpaired) electrons. The minimum atomic E-state index is -4.80. The fourth-order valence-corrected chi connectivity index (χ4v) is 3.76. The summed E-state index contributed by atoms with van der Waals surface area (Å²) in [6, 6.07) is 0.857. The van der Waals surface area contributed by atoms with Gasteiger partial charge in [0.2, 0.25) is 5.91 Å². The Labute approximate surface area is 174 Å². The van der Waals surface area contributed by atoms with Gasteiger partial charge in [0.25, 0.3) is 0 Å². The lowest BCUT2D eigenvalue weighted by molar-refractivity contribution is -0.137. The maximum absolute atomic E-state index is 14.0. The number of amides is 1. The van der Waals surface area contributed by atoms with Crippen molar-refractivity contribution in [3.63, 3.8) is 0 Å². The van der Waals surface area contributed by atoms with Gasteiger partial charge in [-0.1, -0.05) is 18.5 Å². The van der Waals surface area contributed by atoms with E-state index < -0.39 is 39.9 Å². The van der Waals surface area contributed by atoms with Crippen LogP contribution in [-0.2, 0) is 17.4 Å². The van der Waals surface area contributed by atoms with Crippen LogP contribution in [0, 0.1) is 5.82 Å². The third-order valence-corrected chi connectivity index (χ3v) is 5.27. The van der Waals surface area contributed by atoms with Crippen molar-refractivity contribution in [3.8, 4) is 0 Å². The van der Waals surface area contributed by atoms with Crippen LogP contribution in [0.5, 0.6) is 0 Å². The quantitative estimate of drug-likeness (QED) is 0.607. The molecule has 1 aromatic carbocycles. The second-order valence-corrected chi connectivity index (χ2v) is 7.45. The maximum atomic E-state index is 14.0. The van der Waals surface area contributed by atoms with Crippen LogP contribution in [0.4, 0.5) is 23.2 Å². The van der Waals surface area contributed by atoms with E-state index in [1.54, 1.807) is 0 Å². The molecule has 30 heavy (non-hydrogen) atoms. The zero-order valence-corrected chi connectivity index (χ0v) is 16.6. The number of fused-ring (bicyclic) bond motifs is 1. The van der Waals surface area contributed by atoms with Crippen molar-refractivity contribution in [1.29, 1.82) is 0 Å². The number of carbonyl (C=O) groups is 1. The number of hydrogen-bond donors (Lipinski definition) is 3. The van der Waals surface area contributed by atoms with E-state index in [1.165, 1.54) is 6.20 Å². The van der Waals surface area contributed by atoms with E-state index in [9.17, 15) is 27.2 Å². The molecule has 1 aromatic heterocycles. The number of aromatic nitrogens is 2. The Bertz CT molecular complexity index is 1010. The van der Waals surface area contributed by atoms with Gasteiger partial charge < -0.3 is 15.6 Å². The number of halogens is 5. The Morgan fingerprint density at radius 1 is 1.37 bits per heavy atom. The standard InChI is InChI=1S/C19H19ClF4N4O2/c1-2-14-10-8-25-18(30)28-15(10)5-9(26-14)3-4-17(29)27-16-7-12(20)11(6-13(16)21)19(22,23)24/h6-9,14,26H,2-5H2,1H3,(H,27,29)(H,25,28,30). The predicted molar refractivity (Wildman–Crippen MR) is 103 cm³/mol. The zero-order valence-electron chi connectivity index (χ0n) is 15.9. The van der Waals surface area contributed by atoms with E-state index in [2.05, 4.69) is 20.6 Å². The highest BCUT2D eigenvalue weighted by Gasteiger charge is 2.34. The van der Waals surface area contributed by atoms with Crippen molar-refractivity contribution in [2.24, 2.45) is 0 Å². The minimum absolute atomic E-state index is 0.00314. The summed E-state index contributed by atoms with van der Waals surface area (Å²) in [4.78, 5) is 30.2. The minimum Gasteiger partial charge on any atom is -0.324 e. The third-order valence-electron chi connectivity index (χ3n) is 4.95. The highest BCUT2D eigenvalue weighted by Crippen LogP contribution is 2.37. The molecule has 6 nitrogen and oxygen atoms in total. The highest BCUT2D eigenvalue weighted by molar-refractivity contribution is 6.31. The van der Waals surface area contributed by atoms with Crippen molar-refractivity contribution >= 4 is 23.2 Å². The van der Waals surface area contributed by atoms with Gasteiger partial charge in [-0.2, -0.15) is 13.2 Å². The van der Waals surface area contributed by atoms with E-state index in [0.717, 1.165) is 23.7 Å². The van der Waals surface area contributed by atoms with Gasteiger partial charge in [0.1, 0.15) is 5.82 Å². The molecule has 1 aliphatic heterocycles. The van der Waals surface area contributed by atoms with Gasteiger partial charge in [-0.3, -0.25) is 4.79 Å². The number of alkyl halides is 3. The molecule has 0 spiro atoms. The van der Waals surface area contributed by atoms with E-state index in [0.29, 0.717) is 12.8 Å². The number of hydrogen-bond acceptors (Lipinski definition) is 4. The molecule has 3 rings (SSSR count). The molecular formula is C19H19ClF4N4O2. The van der Waals surface area contributed by atoms with Gasteiger partial charge in [-0.15, -0.1) is 0 Å². The smallest absolute Gasteiger partial charge is 0.324 e. The molecule has 2 heterocycles. The monoisotopic (exact) mass is 446 g/mol. The van der Waals surface area contributed by atoms with E-state index in [-0.39, 0.29) is 24.6 Å². The van der Waals surface area contributed by atoms with Crippen molar-refractivity contribution in [2.45, 2.75) is 50.9 Å². The number of rotatable bonds is 5. The van der Waals surface area contributed by atoms with Gasteiger partial charge in [-0.25, -0.2) is 14.2 Å². The number of anilines is 1. The Balaban J connectivity index is 1.64. The van der Waals surface area contributed by atoms with Crippen LogP contribution in [0.15, 0.2) is 23.1 Å². The SMILES string of the molecule is CCC1NC(CCC(=O)Nc2cc(Cl)c(C(F)(F)F)cc2F)Cc2[nH]c(=O)ncc21. The molecule has 2 unspecified atom stereocenters. The average molecular weight is 447 g/mol. The molecule has 0 fully saturated rings. The van der Waals surface area contributed by atoms with Crippen LogP contribution < -0.4 is 16.3 Å². The molecule has 2 aromatic rings. The number of benzene rings is 1.